The second kappa shape index (κ2) is 11.0. The minimum absolute atomic E-state index is 0.0395. The Bertz CT molecular complexity index is 1370. The number of aromatic amines is 1. The van der Waals surface area contributed by atoms with Gasteiger partial charge in [-0.2, -0.15) is 0 Å². The van der Waals surface area contributed by atoms with Gasteiger partial charge in [0.05, 0.1) is 19.3 Å². The molecule has 1 amide bonds. The number of amides is 1. The summed E-state index contributed by atoms with van der Waals surface area (Å²) in [7, 11) is 1.43. The van der Waals surface area contributed by atoms with Gasteiger partial charge in [0.25, 0.3) is 5.56 Å². The lowest BCUT2D eigenvalue weighted by Gasteiger charge is -2.20. The van der Waals surface area contributed by atoms with Crippen LogP contribution in [0.5, 0.6) is 23.0 Å². The lowest BCUT2D eigenvalue weighted by atomic mass is 9.87. The number of carbonyl (C=O) groups excluding carboxylic acids is 2. The van der Waals surface area contributed by atoms with Gasteiger partial charge in [0.1, 0.15) is 17.1 Å². The first-order valence-electron chi connectivity index (χ1n) is 11.4. The number of methoxy groups -OCH3 is 1. The Morgan fingerprint density at radius 1 is 1.22 bits per heavy atom. The van der Waals surface area contributed by atoms with Crippen molar-refractivity contribution in [1.29, 1.82) is 0 Å². The topological polar surface area (TPSA) is 136 Å². The third-order valence-corrected chi connectivity index (χ3v) is 5.82. The number of esters is 1. The maximum absolute atomic E-state index is 13.2. The van der Waals surface area contributed by atoms with E-state index in [-0.39, 0.29) is 37.5 Å². The molecule has 1 atom stereocenters. The highest BCUT2D eigenvalue weighted by Gasteiger charge is 2.31. The summed E-state index contributed by atoms with van der Waals surface area (Å²) in [5.74, 6) is -2.31. The molecule has 0 fully saturated rings. The Hall–Kier alpha value is -4.54. The number of ether oxygens (including phenoxy) is 4. The van der Waals surface area contributed by atoms with Gasteiger partial charge in [0, 0.05) is 25.1 Å². The van der Waals surface area contributed by atoms with Crippen molar-refractivity contribution in [3.63, 3.8) is 0 Å². The third kappa shape index (κ3) is 5.50. The Morgan fingerprint density at radius 2 is 1.97 bits per heavy atom. The number of halogens is 1. The molecule has 0 spiro atoms. The molecule has 37 heavy (non-hydrogen) atoms. The van der Waals surface area contributed by atoms with Crippen molar-refractivity contribution in [3.8, 4) is 23.0 Å². The fourth-order valence-electron chi connectivity index (χ4n) is 4.02. The van der Waals surface area contributed by atoms with Crippen molar-refractivity contribution in [3.05, 3.63) is 81.0 Å². The van der Waals surface area contributed by atoms with Gasteiger partial charge in [-0.3, -0.25) is 9.59 Å². The monoisotopic (exact) mass is 512 g/mol. The number of carbonyl (C=O) groups is 2. The summed E-state index contributed by atoms with van der Waals surface area (Å²) in [6, 6.07) is 8.79. The molecule has 0 radical (unpaired) electrons. The summed E-state index contributed by atoms with van der Waals surface area (Å²) in [4.78, 5) is 40.8. The molecule has 0 aliphatic carbocycles. The fraction of sp³-hybridized carbons (Fsp3) is 0.269. The third-order valence-electron chi connectivity index (χ3n) is 5.82. The molecule has 3 aromatic rings. The predicted octanol–water partition coefficient (Wildman–Crippen LogP) is 2.97. The van der Waals surface area contributed by atoms with Crippen LogP contribution in [0.3, 0.4) is 0 Å². The summed E-state index contributed by atoms with van der Waals surface area (Å²) >= 11 is 0. The predicted molar refractivity (Wildman–Crippen MR) is 129 cm³/mol. The Morgan fingerprint density at radius 3 is 2.68 bits per heavy atom. The van der Waals surface area contributed by atoms with Crippen molar-refractivity contribution >= 4 is 11.9 Å². The summed E-state index contributed by atoms with van der Waals surface area (Å²) < 4.78 is 34.5. The van der Waals surface area contributed by atoms with Gasteiger partial charge in [0.2, 0.25) is 18.4 Å². The van der Waals surface area contributed by atoms with Gasteiger partial charge in [0.15, 0.2) is 11.5 Å². The molecule has 11 heteroatoms. The molecule has 1 aliphatic rings. The summed E-state index contributed by atoms with van der Waals surface area (Å²) in [5, 5.41) is 13.7. The molecule has 0 saturated carbocycles. The number of H-pyrrole nitrogens is 1. The molecule has 1 aliphatic heterocycles. The Labute approximate surface area is 210 Å². The molecule has 3 N–H and O–H groups in total. The molecule has 10 nitrogen and oxygen atoms in total. The number of hydrogen-bond acceptors (Lipinski definition) is 8. The van der Waals surface area contributed by atoms with Gasteiger partial charge >= 0.3 is 5.97 Å². The average Bonchev–Trinajstić information content (AvgIpc) is 3.36. The molecule has 0 saturated heterocycles. The second-order valence-electron chi connectivity index (χ2n) is 8.13. The van der Waals surface area contributed by atoms with E-state index in [1.165, 1.54) is 31.4 Å². The quantitative estimate of drug-likeness (QED) is 0.373. The van der Waals surface area contributed by atoms with Gasteiger partial charge in [-0.1, -0.05) is 12.1 Å². The lowest BCUT2D eigenvalue weighted by molar-refractivity contribution is -0.121. The first-order chi connectivity index (χ1) is 17.8. The van der Waals surface area contributed by atoms with Gasteiger partial charge in [-0.15, -0.1) is 0 Å². The van der Waals surface area contributed by atoms with Crippen LogP contribution in [0.1, 0.15) is 46.3 Å². The van der Waals surface area contributed by atoms with Crippen LogP contribution in [-0.4, -0.2) is 42.5 Å². The van der Waals surface area contributed by atoms with E-state index in [4.69, 9.17) is 18.9 Å². The number of hydrogen-bond donors (Lipinski definition) is 3. The van der Waals surface area contributed by atoms with E-state index in [2.05, 4.69) is 10.3 Å². The van der Waals surface area contributed by atoms with Crippen molar-refractivity contribution in [2.45, 2.75) is 25.8 Å². The van der Waals surface area contributed by atoms with E-state index in [0.717, 1.165) is 6.20 Å². The average molecular weight is 512 g/mol. The van der Waals surface area contributed by atoms with Crippen LogP contribution in [0.4, 0.5) is 4.39 Å². The highest BCUT2D eigenvalue weighted by Crippen LogP contribution is 2.45. The van der Waals surface area contributed by atoms with Crippen LogP contribution in [0.2, 0.25) is 0 Å². The zero-order valence-electron chi connectivity index (χ0n) is 20.1. The van der Waals surface area contributed by atoms with Gasteiger partial charge < -0.3 is 34.4 Å². The molecule has 0 bridgehead atoms. The molecule has 1 aromatic heterocycles. The first-order valence-corrected chi connectivity index (χ1v) is 11.4. The molecule has 4 rings (SSSR count). The minimum Gasteiger partial charge on any atom is -0.506 e. The number of aromatic hydroxyl groups is 1. The largest absolute Gasteiger partial charge is 0.506 e. The maximum atomic E-state index is 13.2. The molecule has 194 valence electrons. The van der Waals surface area contributed by atoms with E-state index in [1.807, 2.05) is 0 Å². The van der Waals surface area contributed by atoms with Crippen LogP contribution in [-0.2, 0) is 16.1 Å². The zero-order valence-corrected chi connectivity index (χ0v) is 20.1. The smallest absolute Gasteiger partial charge is 0.343 e. The van der Waals surface area contributed by atoms with E-state index in [1.54, 1.807) is 19.1 Å². The molecule has 2 heterocycles. The number of aromatic nitrogens is 1. The lowest BCUT2D eigenvalue weighted by Crippen LogP contribution is -2.27. The van der Waals surface area contributed by atoms with E-state index >= 15 is 0 Å². The molecular weight excluding hydrogens is 487 g/mol. The van der Waals surface area contributed by atoms with Crippen molar-refractivity contribution in [2.75, 3.05) is 20.5 Å². The maximum Gasteiger partial charge on any atom is 0.343 e. The van der Waals surface area contributed by atoms with Crippen LogP contribution >= 0.6 is 0 Å². The number of fused-ring (bicyclic) bond motifs is 1. The number of pyridine rings is 1. The normalized spacial score (nSPS) is 12.6. The minimum atomic E-state index is -1.02. The van der Waals surface area contributed by atoms with Crippen molar-refractivity contribution in [2.24, 2.45) is 0 Å². The van der Waals surface area contributed by atoms with Crippen LogP contribution < -0.4 is 25.1 Å². The molecule has 1 unspecified atom stereocenters. The highest BCUT2D eigenvalue weighted by atomic mass is 19.1. The number of benzene rings is 2. The summed E-state index contributed by atoms with van der Waals surface area (Å²) in [6.45, 7) is 1.74. The van der Waals surface area contributed by atoms with Crippen molar-refractivity contribution in [1.82, 2.24) is 10.3 Å². The van der Waals surface area contributed by atoms with Gasteiger partial charge in [-0.25, -0.2) is 9.18 Å². The SMILES string of the molecule is CCOC(=O)c1c[nH]c(=O)c(C(CC(=O)NCc2ccc(F)cc2)c2cc(OC)c3c(c2)OCO3)c1O. The summed E-state index contributed by atoms with van der Waals surface area (Å²) in [5.41, 5.74) is -0.0799. The fourth-order valence-corrected chi connectivity index (χ4v) is 4.02. The van der Waals surface area contributed by atoms with Crippen LogP contribution in [0.15, 0.2) is 47.4 Å². The van der Waals surface area contributed by atoms with Crippen molar-refractivity contribution < 1.29 is 38.0 Å². The van der Waals surface area contributed by atoms with E-state index in [0.29, 0.717) is 28.4 Å². The Kier molecular flexibility index (Phi) is 7.61. The molecular formula is C26H25FN2O8. The zero-order chi connectivity index (χ0) is 26.5. The highest BCUT2D eigenvalue weighted by molar-refractivity contribution is 5.92. The Balaban J connectivity index is 1.74. The first kappa shape index (κ1) is 25.5. The standard InChI is InChI=1S/C26H25FN2O8/c1-3-35-26(33)18-12-29-25(32)22(23(18)31)17(10-21(30)28-11-14-4-6-16(27)7-5-14)15-8-19(34-2)24-20(9-15)36-13-37-24/h4-9,12,17H,3,10-11,13H2,1-2H3,(H,28,30)(H2,29,31,32). The molecule has 2 aromatic carbocycles. The second-order valence-corrected chi connectivity index (χ2v) is 8.13. The summed E-state index contributed by atoms with van der Waals surface area (Å²) in [6.07, 6.45) is 0.776. The van der Waals surface area contributed by atoms with Crippen LogP contribution in [0.25, 0.3) is 0 Å². The van der Waals surface area contributed by atoms with E-state index < -0.39 is 34.9 Å². The van der Waals surface area contributed by atoms with Gasteiger partial charge in [-0.05, 0) is 42.3 Å². The van der Waals surface area contributed by atoms with Crippen LogP contribution in [0, 0.1) is 5.82 Å². The number of rotatable bonds is 9. The van der Waals surface area contributed by atoms with E-state index in [9.17, 15) is 23.9 Å². The number of nitrogens with one attached hydrogen (secondary N) is 2.